The molecule has 0 spiro atoms. The van der Waals surface area contributed by atoms with Crippen molar-refractivity contribution in [2.75, 3.05) is 25.0 Å². The number of nitrogens with two attached hydrogens (primary N) is 1. The molecule has 0 bridgehead atoms. The Labute approximate surface area is 162 Å². The van der Waals surface area contributed by atoms with Gasteiger partial charge in [-0.25, -0.2) is 0 Å². The van der Waals surface area contributed by atoms with Gasteiger partial charge in [-0.2, -0.15) is 8.78 Å². The highest BCUT2D eigenvalue weighted by atomic mass is 35.5. The molecule has 0 unspecified atom stereocenters. The van der Waals surface area contributed by atoms with E-state index in [-0.39, 0.29) is 48.3 Å². The molecule has 3 rings (SSSR count). The van der Waals surface area contributed by atoms with Gasteiger partial charge in [0.05, 0.1) is 12.2 Å². The van der Waals surface area contributed by atoms with Gasteiger partial charge in [0.2, 0.25) is 5.91 Å². The van der Waals surface area contributed by atoms with Crippen LogP contribution in [-0.2, 0) is 4.79 Å². The number of ether oxygens (including phenoxy) is 1. The second-order valence-electron chi connectivity index (χ2n) is 6.30. The van der Waals surface area contributed by atoms with E-state index in [2.05, 4.69) is 10.1 Å². The van der Waals surface area contributed by atoms with Crippen molar-refractivity contribution in [1.29, 1.82) is 0 Å². The van der Waals surface area contributed by atoms with E-state index in [0.29, 0.717) is 13.1 Å². The number of para-hydroxylation sites is 2. The number of halogens is 3. The van der Waals surface area contributed by atoms with Crippen molar-refractivity contribution in [2.24, 2.45) is 5.73 Å². The van der Waals surface area contributed by atoms with Crippen LogP contribution in [0.4, 0.5) is 14.5 Å². The molecule has 0 saturated carbocycles. The van der Waals surface area contributed by atoms with E-state index in [4.69, 9.17) is 5.73 Å². The quantitative estimate of drug-likeness (QED) is 0.786. The van der Waals surface area contributed by atoms with Crippen LogP contribution in [0, 0.1) is 0 Å². The van der Waals surface area contributed by atoms with E-state index in [1.54, 1.807) is 12.1 Å². The Morgan fingerprint density at radius 2 is 1.81 bits per heavy atom. The maximum atomic E-state index is 12.5. The minimum atomic E-state index is -2.95. The summed E-state index contributed by atoms with van der Waals surface area (Å²) in [5, 5.41) is 2.63. The van der Waals surface area contributed by atoms with Gasteiger partial charge in [0.1, 0.15) is 5.75 Å². The van der Waals surface area contributed by atoms with Crippen molar-refractivity contribution in [3.8, 4) is 5.75 Å². The van der Waals surface area contributed by atoms with Gasteiger partial charge in [-0.1, -0.05) is 42.5 Å². The van der Waals surface area contributed by atoms with Crippen molar-refractivity contribution < 1.29 is 18.3 Å². The predicted molar refractivity (Wildman–Crippen MR) is 103 cm³/mol. The number of benzene rings is 2. The highest BCUT2D eigenvalue weighted by Crippen LogP contribution is 2.27. The molecular formula is C19H22ClF2N3O2. The summed E-state index contributed by atoms with van der Waals surface area (Å²) in [6.07, 6.45) is 0. The third-order valence-electron chi connectivity index (χ3n) is 4.41. The fourth-order valence-corrected chi connectivity index (χ4v) is 3.26. The Morgan fingerprint density at radius 3 is 2.52 bits per heavy atom. The summed E-state index contributed by atoms with van der Waals surface area (Å²) < 4.78 is 29.3. The molecule has 146 valence electrons. The van der Waals surface area contributed by atoms with Gasteiger partial charge in [-0.3, -0.25) is 9.69 Å². The molecule has 2 atom stereocenters. The van der Waals surface area contributed by atoms with Crippen molar-refractivity contribution in [3.05, 3.63) is 60.2 Å². The van der Waals surface area contributed by atoms with Gasteiger partial charge in [0.25, 0.3) is 0 Å². The molecule has 1 fully saturated rings. The Balaban J connectivity index is 0.00000261. The monoisotopic (exact) mass is 397 g/mol. The molecule has 2 aromatic rings. The van der Waals surface area contributed by atoms with E-state index in [9.17, 15) is 13.6 Å². The predicted octanol–water partition coefficient (Wildman–Crippen LogP) is 3.08. The van der Waals surface area contributed by atoms with E-state index in [1.165, 1.54) is 12.1 Å². The van der Waals surface area contributed by atoms with Crippen LogP contribution in [0.15, 0.2) is 54.6 Å². The standard InChI is InChI=1S/C19H21F2N3O2.ClH/c20-19(21)26-17-9-5-4-8-16(17)23-18(25)12-24-10-14(15(22)11-24)13-6-2-1-3-7-13;/h1-9,14-15,19H,10-12,22H2,(H,23,25);1H/t14-,15+;/m0./s1. The zero-order valence-electron chi connectivity index (χ0n) is 14.6. The number of nitrogens with one attached hydrogen (secondary N) is 1. The summed E-state index contributed by atoms with van der Waals surface area (Å²) in [6.45, 7) is -1.54. The topological polar surface area (TPSA) is 67.6 Å². The van der Waals surface area contributed by atoms with E-state index in [1.807, 2.05) is 35.2 Å². The molecule has 1 saturated heterocycles. The van der Waals surface area contributed by atoms with Crippen molar-refractivity contribution in [1.82, 2.24) is 4.90 Å². The largest absolute Gasteiger partial charge is 0.433 e. The molecule has 0 aliphatic carbocycles. The Morgan fingerprint density at radius 1 is 1.15 bits per heavy atom. The highest BCUT2D eigenvalue weighted by molar-refractivity contribution is 5.93. The van der Waals surface area contributed by atoms with E-state index < -0.39 is 6.61 Å². The molecule has 0 radical (unpaired) electrons. The lowest BCUT2D eigenvalue weighted by molar-refractivity contribution is -0.117. The number of anilines is 1. The molecule has 1 heterocycles. The lowest BCUT2D eigenvalue weighted by Crippen LogP contribution is -2.33. The summed E-state index contributed by atoms with van der Waals surface area (Å²) in [6, 6.07) is 16.0. The number of hydrogen-bond donors (Lipinski definition) is 2. The smallest absolute Gasteiger partial charge is 0.387 e. The molecule has 27 heavy (non-hydrogen) atoms. The zero-order valence-corrected chi connectivity index (χ0v) is 15.4. The zero-order chi connectivity index (χ0) is 18.5. The van der Waals surface area contributed by atoms with Crippen molar-refractivity contribution >= 4 is 24.0 Å². The molecule has 1 aliphatic heterocycles. The van der Waals surface area contributed by atoms with Crippen LogP contribution in [0.25, 0.3) is 0 Å². The van der Waals surface area contributed by atoms with Gasteiger partial charge < -0.3 is 15.8 Å². The number of nitrogens with zero attached hydrogens (tertiary/aromatic N) is 1. The Hall–Kier alpha value is -2.22. The highest BCUT2D eigenvalue weighted by Gasteiger charge is 2.32. The summed E-state index contributed by atoms with van der Waals surface area (Å²) >= 11 is 0. The van der Waals surface area contributed by atoms with Gasteiger partial charge in [-0.05, 0) is 17.7 Å². The summed E-state index contributed by atoms with van der Waals surface area (Å²) in [7, 11) is 0. The van der Waals surface area contributed by atoms with Crippen LogP contribution >= 0.6 is 12.4 Å². The lowest BCUT2D eigenvalue weighted by atomic mass is 9.95. The summed E-state index contributed by atoms with van der Waals surface area (Å²) in [4.78, 5) is 14.3. The minimum absolute atomic E-state index is 0. The Kier molecular flexibility index (Phi) is 7.53. The molecular weight excluding hydrogens is 376 g/mol. The first kappa shape index (κ1) is 21.1. The number of amides is 1. The number of hydrogen-bond acceptors (Lipinski definition) is 4. The van der Waals surface area contributed by atoms with Crippen LogP contribution in [0.3, 0.4) is 0 Å². The van der Waals surface area contributed by atoms with Gasteiger partial charge in [0, 0.05) is 25.0 Å². The van der Waals surface area contributed by atoms with E-state index >= 15 is 0 Å². The SMILES string of the molecule is Cl.N[C@@H]1CN(CC(=O)Nc2ccccc2OC(F)F)C[C@H]1c1ccccc1. The first-order valence-electron chi connectivity index (χ1n) is 8.39. The number of alkyl halides is 2. The maximum absolute atomic E-state index is 12.5. The molecule has 3 N–H and O–H groups in total. The number of carbonyl (C=O) groups is 1. The van der Waals surface area contributed by atoms with Gasteiger partial charge >= 0.3 is 6.61 Å². The maximum Gasteiger partial charge on any atom is 0.387 e. The lowest BCUT2D eigenvalue weighted by Gasteiger charge is -2.17. The number of rotatable bonds is 6. The minimum Gasteiger partial charge on any atom is -0.433 e. The normalized spacial score (nSPS) is 19.6. The molecule has 0 aromatic heterocycles. The summed E-state index contributed by atoms with van der Waals surface area (Å²) in [5.74, 6) is -0.189. The Bertz CT molecular complexity index is 749. The molecule has 1 amide bonds. The summed E-state index contributed by atoms with van der Waals surface area (Å²) in [5.41, 5.74) is 7.61. The average molecular weight is 398 g/mol. The van der Waals surface area contributed by atoms with Crippen LogP contribution in [0.2, 0.25) is 0 Å². The van der Waals surface area contributed by atoms with Crippen molar-refractivity contribution in [2.45, 2.75) is 18.6 Å². The second-order valence-corrected chi connectivity index (χ2v) is 6.30. The molecule has 2 aromatic carbocycles. The first-order valence-corrected chi connectivity index (χ1v) is 8.39. The van der Waals surface area contributed by atoms with Gasteiger partial charge in [0.15, 0.2) is 0 Å². The molecule has 5 nitrogen and oxygen atoms in total. The fourth-order valence-electron chi connectivity index (χ4n) is 3.26. The van der Waals surface area contributed by atoms with E-state index in [0.717, 1.165) is 5.56 Å². The number of carbonyl (C=O) groups excluding carboxylic acids is 1. The number of likely N-dealkylation sites (tertiary alicyclic amines) is 1. The fraction of sp³-hybridized carbons (Fsp3) is 0.316. The van der Waals surface area contributed by atoms with Crippen LogP contribution in [-0.4, -0.2) is 43.1 Å². The van der Waals surface area contributed by atoms with Crippen LogP contribution < -0.4 is 15.8 Å². The molecule has 1 aliphatic rings. The van der Waals surface area contributed by atoms with Gasteiger partial charge in [-0.15, -0.1) is 12.4 Å². The third kappa shape index (κ3) is 5.63. The average Bonchev–Trinajstić information content (AvgIpc) is 2.97. The van der Waals surface area contributed by atoms with Crippen LogP contribution in [0.5, 0.6) is 5.75 Å². The van der Waals surface area contributed by atoms with Crippen molar-refractivity contribution in [3.63, 3.8) is 0 Å². The second kappa shape index (κ2) is 9.64. The molecule has 8 heteroatoms. The first-order chi connectivity index (χ1) is 12.5. The third-order valence-corrected chi connectivity index (χ3v) is 4.41. The van der Waals surface area contributed by atoms with Crippen LogP contribution in [0.1, 0.15) is 11.5 Å².